The lowest BCUT2D eigenvalue weighted by Gasteiger charge is -2.26. The lowest BCUT2D eigenvalue weighted by molar-refractivity contribution is -0.162. The highest BCUT2D eigenvalue weighted by Gasteiger charge is 2.54. The average Bonchev–Trinajstić information content (AvgIpc) is 4.24. The molecular formula is C54H94O10. The van der Waals surface area contributed by atoms with Gasteiger partial charge in [-0.3, -0.25) is 19.2 Å². The summed E-state index contributed by atoms with van der Waals surface area (Å²) >= 11 is 0. The van der Waals surface area contributed by atoms with Gasteiger partial charge in [0.25, 0.3) is 0 Å². The number of ether oxygens (including phenoxy) is 6. The van der Waals surface area contributed by atoms with Crippen LogP contribution in [0, 0.1) is 23.7 Å². The molecule has 4 aliphatic rings. The highest BCUT2D eigenvalue weighted by atomic mass is 16.6. The van der Waals surface area contributed by atoms with Crippen molar-refractivity contribution in [3.8, 4) is 0 Å². The Morgan fingerprint density at radius 2 is 0.469 bits per heavy atom. The van der Waals surface area contributed by atoms with E-state index in [0.29, 0.717) is 52.1 Å². The van der Waals surface area contributed by atoms with E-state index in [1.807, 2.05) is 0 Å². The molecule has 0 aromatic rings. The number of carbonyl (C=O) groups is 4. The lowest BCUT2D eigenvalue weighted by atomic mass is 9.79. The van der Waals surface area contributed by atoms with E-state index in [1.54, 1.807) is 0 Å². The van der Waals surface area contributed by atoms with Crippen molar-refractivity contribution in [2.75, 3.05) is 26.4 Å². The zero-order chi connectivity index (χ0) is 45.5. The van der Waals surface area contributed by atoms with E-state index in [-0.39, 0.29) is 48.3 Å². The number of hydrogen-bond donors (Lipinski definition) is 0. The van der Waals surface area contributed by atoms with Gasteiger partial charge < -0.3 is 28.4 Å². The Hall–Kier alpha value is -2.20. The number of unbranched alkanes of at least 4 members (excludes halogenated alkanes) is 29. The Bertz CT molecular complexity index is 1160. The molecule has 4 fully saturated rings. The second-order valence-corrected chi connectivity index (χ2v) is 20.1. The van der Waals surface area contributed by atoms with E-state index in [0.717, 1.165) is 77.0 Å². The topological polar surface area (TPSA) is 130 Å². The molecule has 2 aliphatic heterocycles. The van der Waals surface area contributed by atoms with Crippen LogP contribution in [0.5, 0.6) is 0 Å². The van der Waals surface area contributed by atoms with Gasteiger partial charge in [-0.25, -0.2) is 0 Å². The molecule has 10 heteroatoms. The van der Waals surface area contributed by atoms with Gasteiger partial charge in [-0.05, 0) is 51.4 Å². The van der Waals surface area contributed by atoms with Crippen LogP contribution in [0.1, 0.15) is 245 Å². The SMILES string of the molecule is CCCCCCCCCCCCCOC(=O)C1CC2OC2CC1C(=O)OCCCCCCCCCCCCOC(=O)C1CC2OC2CC1C(=O)OCCCCCCCCCCCCC. The van der Waals surface area contributed by atoms with Crippen molar-refractivity contribution < 1.29 is 47.6 Å². The molecule has 370 valence electrons. The van der Waals surface area contributed by atoms with Crippen LogP contribution in [-0.4, -0.2) is 74.7 Å². The van der Waals surface area contributed by atoms with Crippen LogP contribution in [0.15, 0.2) is 0 Å². The first-order valence-electron chi connectivity index (χ1n) is 27.4. The second kappa shape index (κ2) is 34.1. The van der Waals surface area contributed by atoms with Crippen molar-refractivity contribution in [3.63, 3.8) is 0 Å². The molecule has 0 aromatic carbocycles. The van der Waals surface area contributed by atoms with Crippen LogP contribution in [-0.2, 0) is 47.6 Å². The standard InChI is InChI=1S/C54H94O10/c1-3-5-7-9-11-13-15-19-23-27-31-35-59-51(55)43-39-47-49(63-47)41-45(43)53(57)61-37-33-29-25-21-17-18-22-26-30-34-38-62-54(58)46-42-50-48(64-50)40-44(46)52(56)60-36-32-28-24-20-16-14-12-10-8-6-4-2/h43-50H,3-42H2,1-2H3. The van der Waals surface area contributed by atoms with Gasteiger partial charge in [0.2, 0.25) is 0 Å². The monoisotopic (exact) mass is 903 g/mol. The molecule has 2 aliphatic carbocycles. The van der Waals surface area contributed by atoms with E-state index in [1.165, 1.54) is 128 Å². The first kappa shape index (κ1) is 54.4. The molecule has 8 atom stereocenters. The van der Waals surface area contributed by atoms with Crippen LogP contribution < -0.4 is 0 Å². The van der Waals surface area contributed by atoms with Crippen molar-refractivity contribution in [3.05, 3.63) is 0 Å². The highest BCUT2D eigenvalue weighted by Crippen LogP contribution is 2.45. The molecular weight excluding hydrogens is 809 g/mol. The molecule has 0 radical (unpaired) electrons. The number of fused-ring (bicyclic) bond motifs is 2. The molecule has 2 saturated heterocycles. The summed E-state index contributed by atoms with van der Waals surface area (Å²) in [5, 5.41) is 0. The Balaban J connectivity index is 0.928. The van der Waals surface area contributed by atoms with Gasteiger partial charge in [-0.15, -0.1) is 0 Å². The van der Waals surface area contributed by atoms with Gasteiger partial charge in [0.05, 0.1) is 74.5 Å². The summed E-state index contributed by atoms with van der Waals surface area (Å²) in [6.07, 6.45) is 40.7. The average molecular weight is 903 g/mol. The minimum atomic E-state index is -0.463. The molecule has 8 unspecified atom stereocenters. The normalized spacial score (nSPS) is 24.3. The van der Waals surface area contributed by atoms with Crippen molar-refractivity contribution in [2.24, 2.45) is 23.7 Å². The van der Waals surface area contributed by atoms with Gasteiger partial charge in [-0.1, -0.05) is 194 Å². The second-order valence-electron chi connectivity index (χ2n) is 20.1. The quantitative estimate of drug-likeness (QED) is 0.0253. The van der Waals surface area contributed by atoms with Crippen molar-refractivity contribution in [1.29, 1.82) is 0 Å². The highest BCUT2D eigenvalue weighted by molar-refractivity contribution is 5.83. The third kappa shape index (κ3) is 23.0. The smallest absolute Gasteiger partial charge is 0.309 e. The summed E-state index contributed by atoms with van der Waals surface area (Å²) < 4.78 is 34.1. The number of esters is 4. The van der Waals surface area contributed by atoms with Gasteiger partial charge in [-0.2, -0.15) is 0 Å². The Morgan fingerprint density at radius 3 is 0.656 bits per heavy atom. The first-order chi connectivity index (χ1) is 31.4. The van der Waals surface area contributed by atoms with E-state index in [4.69, 9.17) is 28.4 Å². The fourth-order valence-corrected chi connectivity index (χ4v) is 10.2. The van der Waals surface area contributed by atoms with E-state index >= 15 is 0 Å². The largest absolute Gasteiger partial charge is 0.465 e. The maximum Gasteiger partial charge on any atom is 0.309 e. The summed E-state index contributed by atoms with van der Waals surface area (Å²) in [7, 11) is 0. The van der Waals surface area contributed by atoms with Crippen LogP contribution in [0.4, 0.5) is 0 Å². The number of carbonyl (C=O) groups excluding carboxylic acids is 4. The lowest BCUT2D eigenvalue weighted by Crippen LogP contribution is -2.37. The molecule has 0 N–H and O–H groups in total. The molecule has 0 amide bonds. The summed E-state index contributed by atoms with van der Waals surface area (Å²) in [5.74, 6) is -2.90. The van der Waals surface area contributed by atoms with Gasteiger partial charge >= 0.3 is 23.9 Å². The van der Waals surface area contributed by atoms with Crippen LogP contribution >= 0.6 is 0 Å². The maximum absolute atomic E-state index is 13.1. The Kier molecular flexibility index (Phi) is 29.0. The third-order valence-electron chi connectivity index (χ3n) is 14.5. The summed E-state index contributed by atoms with van der Waals surface area (Å²) in [6, 6.07) is 0. The Morgan fingerprint density at radius 1 is 0.297 bits per heavy atom. The zero-order valence-corrected chi connectivity index (χ0v) is 41.0. The molecule has 64 heavy (non-hydrogen) atoms. The molecule has 2 saturated carbocycles. The molecule has 10 nitrogen and oxygen atoms in total. The molecule has 0 spiro atoms. The van der Waals surface area contributed by atoms with E-state index in [9.17, 15) is 19.2 Å². The Labute approximate surface area is 389 Å². The number of rotatable bonds is 41. The predicted octanol–water partition coefficient (Wildman–Crippen LogP) is 13.3. The number of epoxide rings is 2. The summed E-state index contributed by atoms with van der Waals surface area (Å²) in [6.45, 7) is 6.17. The van der Waals surface area contributed by atoms with Crippen LogP contribution in [0.2, 0.25) is 0 Å². The summed E-state index contributed by atoms with van der Waals surface area (Å²) in [5.41, 5.74) is 0. The molecule has 0 aromatic heterocycles. The van der Waals surface area contributed by atoms with Crippen molar-refractivity contribution in [2.45, 2.75) is 269 Å². The zero-order valence-electron chi connectivity index (χ0n) is 41.0. The fourth-order valence-electron chi connectivity index (χ4n) is 10.2. The molecule has 2 heterocycles. The predicted molar refractivity (Wildman–Crippen MR) is 253 cm³/mol. The minimum absolute atomic E-state index is 0.0823. The van der Waals surface area contributed by atoms with Crippen LogP contribution in [0.25, 0.3) is 0 Å². The van der Waals surface area contributed by atoms with E-state index < -0.39 is 23.7 Å². The third-order valence-corrected chi connectivity index (χ3v) is 14.5. The first-order valence-corrected chi connectivity index (χ1v) is 27.4. The molecule has 0 bridgehead atoms. The maximum atomic E-state index is 13.1. The number of hydrogen-bond acceptors (Lipinski definition) is 10. The van der Waals surface area contributed by atoms with Gasteiger partial charge in [0.15, 0.2) is 0 Å². The minimum Gasteiger partial charge on any atom is -0.465 e. The van der Waals surface area contributed by atoms with Crippen molar-refractivity contribution >= 4 is 23.9 Å². The van der Waals surface area contributed by atoms with Gasteiger partial charge in [0.1, 0.15) is 0 Å². The fraction of sp³-hybridized carbons (Fsp3) is 0.926. The van der Waals surface area contributed by atoms with Crippen LogP contribution in [0.3, 0.4) is 0 Å². The van der Waals surface area contributed by atoms with Gasteiger partial charge in [0, 0.05) is 0 Å². The van der Waals surface area contributed by atoms with E-state index in [2.05, 4.69) is 13.8 Å². The molecule has 4 rings (SSSR count). The summed E-state index contributed by atoms with van der Waals surface area (Å²) in [4.78, 5) is 52.2. The van der Waals surface area contributed by atoms with Crippen molar-refractivity contribution in [1.82, 2.24) is 0 Å².